The normalized spacial score (nSPS) is 15.3. The Hall–Kier alpha value is -3.62. The van der Waals surface area contributed by atoms with Crippen molar-refractivity contribution in [3.05, 3.63) is 96.1 Å². The molecule has 0 aromatic heterocycles. The lowest BCUT2D eigenvalue weighted by atomic mass is 9.96. The first-order chi connectivity index (χ1) is 17.8. The van der Waals surface area contributed by atoms with Gasteiger partial charge in [0.15, 0.2) is 0 Å². The van der Waals surface area contributed by atoms with Crippen LogP contribution in [-0.2, 0) is 21.2 Å². The molecular formula is C29H31NO6S. The van der Waals surface area contributed by atoms with Crippen LogP contribution in [0.1, 0.15) is 36.8 Å². The number of carboxylic acid groups (broad SMARTS) is 1. The molecule has 1 saturated carbocycles. The zero-order valence-corrected chi connectivity index (χ0v) is 21.2. The topological polar surface area (TPSA) is 113 Å². The molecule has 0 amide bonds. The molecule has 8 heteroatoms. The predicted molar refractivity (Wildman–Crippen MR) is 143 cm³/mol. The Kier molecular flexibility index (Phi) is 8.31. The van der Waals surface area contributed by atoms with E-state index in [2.05, 4.69) is 4.72 Å². The molecule has 0 aliphatic heterocycles. The number of anilines is 1. The number of aryl methyl sites for hydroxylation is 1. The van der Waals surface area contributed by atoms with E-state index >= 15 is 0 Å². The number of hydrogen-bond donors (Lipinski definition) is 3. The SMILES string of the molecule is O=C(O)C1(CCc2ccccc2OCC[C@@H](O)/C=C/c2cccc(NS(=O)(=O)c3ccccc3)c2)CC1. The highest BCUT2D eigenvalue weighted by molar-refractivity contribution is 7.92. The molecule has 0 unspecified atom stereocenters. The average Bonchev–Trinajstić information content (AvgIpc) is 3.69. The third-order valence-corrected chi connectivity index (χ3v) is 7.92. The number of aliphatic hydroxyl groups is 1. The minimum Gasteiger partial charge on any atom is -0.493 e. The smallest absolute Gasteiger partial charge is 0.309 e. The van der Waals surface area contributed by atoms with Crippen molar-refractivity contribution in [3.8, 4) is 5.75 Å². The summed E-state index contributed by atoms with van der Waals surface area (Å²) >= 11 is 0. The van der Waals surface area contributed by atoms with Gasteiger partial charge in [0.1, 0.15) is 5.75 Å². The van der Waals surface area contributed by atoms with Gasteiger partial charge in [0.25, 0.3) is 10.0 Å². The third-order valence-electron chi connectivity index (χ3n) is 6.53. The lowest BCUT2D eigenvalue weighted by molar-refractivity contribution is -0.143. The van der Waals surface area contributed by atoms with Crippen LogP contribution < -0.4 is 9.46 Å². The number of carboxylic acids is 1. The third kappa shape index (κ3) is 7.21. The number of nitrogens with one attached hydrogen (secondary N) is 1. The predicted octanol–water partition coefficient (Wildman–Crippen LogP) is 5.13. The lowest BCUT2D eigenvalue weighted by Crippen LogP contribution is -2.16. The summed E-state index contributed by atoms with van der Waals surface area (Å²) in [5.41, 5.74) is 1.56. The largest absolute Gasteiger partial charge is 0.493 e. The van der Waals surface area contributed by atoms with Gasteiger partial charge in [0.05, 0.1) is 23.0 Å². The molecule has 3 N–H and O–H groups in total. The van der Waals surface area contributed by atoms with Gasteiger partial charge < -0.3 is 14.9 Å². The average molecular weight is 522 g/mol. The number of benzene rings is 3. The monoisotopic (exact) mass is 521 g/mol. The van der Waals surface area contributed by atoms with Crippen molar-refractivity contribution >= 4 is 27.8 Å². The molecule has 0 saturated heterocycles. The Morgan fingerprint density at radius 3 is 2.49 bits per heavy atom. The number of sulfonamides is 1. The van der Waals surface area contributed by atoms with Gasteiger partial charge in [0, 0.05) is 12.1 Å². The minimum atomic E-state index is -3.69. The summed E-state index contributed by atoms with van der Waals surface area (Å²) in [6.07, 6.45) is 5.67. The van der Waals surface area contributed by atoms with E-state index in [1.165, 1.54) is 12.1 Å². The number of rotatable bonds is 13. The van der Waals surface area contributed by atoms with Crippen molar-refractivity contribution in [2.45, 2.75) is 43.1 Å². The first-order valence-electron chi connectivity index (χ1n) is 12.3. The number of ether oxygens (including phenoxy) is 1. The summed E-state index contributed by atoms with van der Waals surface area (Å²) in [7, 11) is -3.69. The van der Waals surface area contributed by atoms with Crippen molar-refractivity contribution in [2.24, 2.45) is 5.41 Å². The van der Waals surface area contributed by atoms with Crippen LogP contribution in [-0.4, -0.2) is 37.3 Å². The van der Waals surface area contributed by atoms with Gasteiger partial charge in [-0.3, -0.25) is 9.52 Å². The number of aliphatic carboxylic acids is 1. The molecule has 3 aromatic carbocycles. The van der Waals surface area contributed by atoms with Crippen LogP contribution in [0.2, 0.25) is 0 Å². The van der Waals surface area contributed by atoms with Crippen molar-refractivity contribution in [1.82, 2.24) is 0 Å². The second-order valence-corrected chi connectivity index (χ2v) is 11.0. The second kappa shape index (κ2) is 11.6. The van der Waals surface area contributed by atoms with Crippen LogP contribution in [0.15, 0.2) is 89.8 Å². The second-order valence-electron chi connectivity index (χ2n) is 9.30. The summed E-state index contributed by atoms with van der Waals surface area (Å²) in [6.45, 7) is 0.295. The van der Waals surface area contributed by atoms with Crippen LogP contribution in [0, 0.1) is 5.41 Å². The Morgan fingerprint density at radius 2 is 1.76 bits per heavy atom. The molecule has 1 aliphatic carbocycles. The van der Waals surface area contributed by atoms with Crippen molar-refractivity contribution in [2.75, 3.05) is 11.3 Å². The molecule has 1 aliphatic rings. The van der Waals surface area contributed by atoms with Crippen molar-refractivity contribution in [3.63, 3.8) is 0 Å². The summed E-state index contributed by atoms with van der Waals surface area (Å²) in [5.74, 6) is -0.0155. The van der Waals surface area contributed by atoms with E-state index in [4.69, 9.17) is 4.74 Å². The van der Waals surface area contributed by atoms with E-state index in [9.17, 15) is 23.4 Å². The van der Waals surface area contributed by atoms with Gasteiger partial charge in [-0.05, 0) is 67.1 Å². The van der Waals surface area contributed by atoms with Gasteiger partial charge in [-0.25, -0.2) is 8.42 Å². The van der Waals surface area contributed by atoms with E-state index in [1.807, 2.05) is 30.3 Å². The first-order valence-corrected chi connectivity index (χ1v) is 13.7. The van der Waals surface area contributed by atoms with Gasteiger partial charge >= 0.3 is 5.97 Å². The summed E-state index contributed by atoms with van der Waals surface area (Å²) in [4.78, 5) is 11.6. The summed E-state index contributed by atoms with van der Waals surface area (Å²) < 4.78 is 33.6. The fourth-order valence-corrected chi connectivity index (χ4v) is 5.14. The molecule has 194 valence electrons. The van der Waals surface area contributed by atoms with Gasteiger partial charge in [-0.2, -0.15) is 0 Å². The van der Waals surface area contributed by atoms with E-state index in [0.29, 0.717) is 37.3 Å². The molecule has 0 spiro atoms. The number of hydrogen-bond acceptors (Lipinski definition) is 5. The van der Waals surface area contributed by atoms with Crippen LogP contribution in [0.25, 0.3) is 6.08 Å². The van der Waals surface area contributed by atoms with Crippen LogP contribution >= 0.6 is 0 Å². The number of para-hydroxylation sites is 1. The number of aliphatic hydroxyl groups excluding tert-OH is 1. The molecule has 37 heavy (non-hydrogen) atoms. The quantitative estimate of drug-likeness (QED) is 0.288. The molecule has 1 atom stereocenters. The van der Waals surface area contributed by atoms with E-state index in [1.54, 1.807) is 48.6 Å². The standard InChI is InChI=1S/C29H31NO6S/c31-25(16-20-36-27-12-5-4-8-23(27)15-17-29(18-19-29)28(32)33)14-13-22-7-6-9-24(21-22)30-37(34,35)26-10-2-1-3-11-26/h1-14,21,25,30-31H,15-20H2,(H,32,33)/b14-13+/t25-/m0/s1. The summed E-state index contributed by atoms with van der Waals surface area (Å²) in [5, 5.41) is 19.8. The van der Waals surface area contributed by atoms with Gasteiger partial charge in [0.2, 0.25) is 0 Å². The van der Waals surface area contributed by atoms with E-state index < -0.39 is 27.5 Å². The minimum absolute atomic E-state index is 0.182. The molecule has 3 aromatic rings. The van der Waals surface area contributed by atoms with Gasteiger partial charge in [-0.1, -0.05) is 60.7 Å². The zero-order chi connectivity index (χ0) is 26.3. The zero-order valence-electron chi connectivity index (χ0n) is 20.4. The highest BCUT2D eigenvalue weighted by atomic mass is 32.2. The maximum absolute atomic E-state index is 12.6. The Labute approximate surface area is 217 Å². The Bertz CT molecular complexity index is 1350. The van der Waals surface area contributed by atoms with Crippen LogP contribution in [0.5, 0.6) is 5.75 Å². The van der Waals surface area contributed by atoms with Crippen LogP contribution in [0.4, 0.5) is 5.69 Å². The van der Waals surface area contributed by atoms with Crippen LogP contribution in [0.3, 0.4) is 0 Å². The Morgan fingerprint density at radius 1 is 1.03 bits per heavy atom. The number of carbonyl (C=O) groups is 1. The van der Waals surface area contributed by atoms with Crippen molar-refractivity contribution in [1.29, 1.82) is 0 Å². The molecule has 0 radical (unpaired) electrons. The molecular weight excluding hydrogens is 490 g/mol. The molecule has 0 heterocycles. The van der Waals surface area contributed by atoms with E-state index in [-0.39, 0.29) is 4.90 Å². The maximum Gasteiger partial charge on any atom is 0.309 e. The van der Waals surface area contributed by atoms with E-state index in [0.717, 1.165) is 24.0 Å². The Balaban J connectivity index is 1.28. The highest BCUT2D eigenvalue weighted by Crippen LogP contribution is 2.50. The molecule has 0 bridgehead atoms. The molecule has 1 fully saturated rings. The molecule has 4 rings (SSSR count). The lowest BCUT2D eigenvalue weighted by Gasteiger charge is -2.14. The maximum atomic E-state index is 12.6. The molecule has 7 nitrogen and oxygen atoms in total. The van der Waals surface area contributed by atoms with Gasteiger partial charge in [-0.15, -0.1) is 0 Å². The highest BCUT2D eigenvalue weighted by Gasteiger charge is 2.49. The summed E-state index contributed by atoms with van der Waals surface area (Å²) in [6, 6.07) is 22.7. The first kappa shape index (κ1) is 26.4. The fourth-order valence-electron chi connectivity index (χ4n) is 4.07. The fraction of sp³-hybridized carbons (Fsp3) is 0.276. The van der Waals surface area contributed by atoms with Crippen molar-refractivity contribution < 1.29 is 28.2 Å².